The van der Waals surface area contributed by atoms with Gasteiger partial charge in [-0.15, -0.1) is 0 Å². The van der Waals surface area contributed by atoms with Crippen LogP contribution in [0.4, 0.5) is 4.79 Å². The lowest BCUT2D eigenvalue weighted by Gasteiger charge is -2.45. The Morgan fingerprint density at radius 3 is 2.27 bits per heavy atom. The number of urea groups is 1. The number of aliphatic hydroxyl groups is 1. The summed E-state index contributed by atoms with van der Waals surface area (Å²) in [5.41, 5.74) is 1.58. The Morgan fingerprint density at radius 2 is 1.60 bits per heavy atom. The standard InChI is InChI=1S/C25H31N3O2/c29-24(27-13-11-25(30,12-14-27)21-9-5-2-6-10-21)28-17-19(18-28)16-26-23-15-22(23)20-7-3-1-4-8-20/h1-10,19,22-23,26,30H,11-18H2/t22-,23+/m0/s1. The number of nitrogens with zero attached hydrogens (tertiary/aromatic N) is 2. The van der Waals surface area contributed by atoms with Gasteiger partial charge in [-0.25, -0.2) is 4.79 Å². The third-order valence-electron chi connectivity index (χ3n) is 7.09. The third-order valence-corrected chi connectivity index (χ3v) is 7.09. The summed E-state index contributed by atoms with van der Waals surface area (Å²) in [5.74, 6) is 1.21. The summed E-state index contributed by atoms with van der Waals surface area (Å²) >= 11 is 0. The lowest BCUT2D eigenvalue weighted by atomic mass is 9.84. The lowest BCUT2D eigenvalue weighted by Crippen LogP contribution is -2.59. The molecule has 0 radical (unpaired) electrons. The number of benzene rings is 2. The fourth-order valence-electron chi connectivity index (χ4n) is 4.97. The number of piperidine rings is 1. The van der Waals surface area contributed by atoms with E-state index < -0.39 is 5.60 Å². The van der Waals surface area contributed by atoms with Crippen molar-refractivity contribution in [3.05, 3.63) is 71.8 Å². The third kappa shape index (κ3) is 3.96. The Morgan fingerprint density at radius 1 is 0.967 bits per heavy atom. The molecule has 2 atom stereocenters. The number of rotatable bonds is 5. The van der Waals surface area contributed by atoms with Crippen LogP contribution in [0.1, 0.15) is 36.3 Å². The van der Waals surface area contributed by atoms with E-state index in [0.29, 0.717) is 43.8 Å². The number of carbonyl (C=O) groups excluding carboxylic acids is 1. The van der Waals surface area contributed by atoms with Crippen LogP contribution >= 0.6 is 0 Å². The van der Waals surface area contributed by atoms with Crippen LogP contribution < -0.4 is 5.32 Å². The molecule has 0 unspecified atom stereocenters. The Balaban J connectivity index is 1.03. The highest BCUT2D eigenvalue weighted by atomic mass is 16.3. The van der Waals surface area contributed by atoms with Gasteiger partial charge in [0.2, 0.25) is 0 Å². The molecule has 1 aliphatic carbocycles. The Kier molecular flexibility index (Phi) is 5.25. The van der Waals surface area contributed by atoms with Gasteiger partial charge >= 0.3 is 6.03 Å². The molecule has 2 saturated heterocycles. The molecule has 2 amide bonds. The van der Waals surface area contributed by atoms with Gasteiger partial charge in [-0.05, 0) is 30.4 Å². The van der Waals surface area contributed by atoms with Crippen LogP contribution in [0.15, 0.2) is 60.7 Å². The molecule has 5 heteroatoms. The summed E-state index contributed by atoms with van der Waals surface area (Å²) in [6, 6.07) is 21.3. The molecule has 0 spiro atoms. The summed E-state index contributed by atoms with van der Waals surface area (Å²) in [6.07, 6.45) is 2.42. The molecule has 5 nitrogen and oxygen atoms in total. The molecule has 2 aromatic rings. The van der Waals surface area contributed by atoms with Gasteiger partial charge in [0.15, 0.2) is 0 Å². The predicted octanol–water partition coefficient (Wildman–Crippen LogP) is 3.17. The average Bonchev–Trinajstić information content (AvgIpc) is 3.54. The highest BCUT2D eigenvalue weighted by Gasteiger charge is 2.41. The van der Waals surface area contributed by atoms with Crippen molar-refractivity contribution in [2.75, 3.05) is 32.7 Å². The maximum Gasteiger partial charge on any atom is 0.320 e. The van der Waals surface area contributed by atoms with Gasteiger partial charge in [-0.3, -0.25) is 0 Å². The van der Waals surface area contributed by atoms with Gasteiger partial charge in [0.25, 0.3) is 0 Å². The molecule has 1 saturated carbocycles. The summed E-state index contributed by atoms with van der Waals surface area (Å²) in [6.45, 7) is 3.91. The number of carbonyl (C=O) groups is 1. The number of amides is 2. The van der Waals surface area contributed by atoms with E-state index in [4.69, 9.17) is 0 Å². The lowest BCUT2D eigenvalue weighted by molar-refractivity contribution is -0.0233. The molecule has 158 valence electrons. The predicted molar refractivity (Wildman–Crippen MR) is 117 cm³/mol. The minimum Gasteiger partial charge on any atom is -0.385 e. The maximum atomic E-state index is 12.8. The molecular formula is C25H31N3O2. The molecule has 5 rings (SSSR count). The Labute approximate surface area is 178 Å². The summed E-state index contributed by atoms with van der Waals surface area (Å²) in [4.78, 5) is 16.7. The monoisotopic (exact) mass is 405 g/mol. The topological polar surface area (TPSA) is 55.8 Å². The van der Waals surface area contributed by atoms with Crippen LogP contribution in [0.25, 0.3) is 0 Å². The highest BCUT2D eigenvalue weighted by Crippen LogP contribution is 2.40. The van der Waals surface area contributed by atoms with Crippen molar-refractivity contribution in [1.82, 2.24) is 15.1 Å². The smallest absolute Gasteiger partial charge is 0.320 e. The molecule has 0 bridgehead atoms. The summed E-state index contributed by atoms with van der Waals surface area (Å²) in [7, 11) is 0. The first-order valence-electron chi connectivity index (χ1n) is 11.2. The van der Waals surface area contributed by atoms with Gasteiger partial charge in [-0.2, -0.15) is 0 Å². The number of hydrogen-bond acceptors (Lipinski definition) is 3. The molecular weight excluding hydrogens is 374 g/mol. The van der Waals surface area contributed by atoms with Crippen molar-refractivity contribution in [3.8, 4) is 0 Å². The van der Waals surface area contributed by atoms with Gasteiger partial charge in [0, 0.05) is 50.6 Å². The highest BCUT2D eigenvalue weighted by molar-refractivity contribution is 5.75. The van der Waals surface area contributed by atoms with Crippen LogP contribution in [-0.4, -0.2) is 59.7 Å². The van der Waals surface area contributed by atoms with Crippen molar-refractivity contribution in [2.24, 2.45) is 5.92 Å². The van der Waals surface area contributed by atoms with Gasteiger partial charge in [-0.1, -0.05) is 60.7 Å². The molecule has 0 aromatic heterocycles. The van der Waals surface area contributed by atoms with E-state index in [9.17, 15) is 9.90 Å². The fraction of sp³-hybridized carbons (Fsp3) is 0.480. The van der Waals surface area contributed by atoms with Crippen molar-refractivity contribution in [2.45, 2.75) is 36.8 Å². The first kappa shape index (κ1) is 19.6. The van der Waals surface area contributed by atoms with Crippen molar-refractivity contribution in [1.29, 1.82) is 0 Å². The molecule has 30 heavy (non-hydrogen) atoms. The summed E-state index contributed by atoms with van der Waals surface area (Å²) in [5, 5.41) is 14.7. The van der Waals surface area contributed by atoms with Crippen molar-refractivity contribution in [3.63, 3.8) is 0 Å². The second kappa shape index (κ2) is 8.05. The fourth-order valence-corrected chi connectivity index (χ4v) is 4.97. The van der Waals surface area contributed by atoms with Crippen molar-refractivity contribution < 1.29 is 9.90 Å². The largest absolute Gasteiger partial charge is 0.385 e. The maximum absolute atomic E-state index is 12.8. The molecule has 2 aliphatic heterocycles. The zero-order valence-electron chi connectivity index (χ0n) is 17.4. The number of nitrogens with one attached hydrogen (secondary N) is 1. The quantitative estimate of drug-likeness (QED) is 0.803. The van der Waals surface area contributed by atoms with Crippen LogP contribution in [0.5, 0.6) is 0 Å². The normalized spacial score (nSPS) is 25.6. The second-order valence-corrected chi connectivity index (χ2v) is 9.21. The minimum atomic E-state index is -0.807. The van der Waals surface area contributed by atoms with E-state index in [2.05, 4.69) is 35.6 Å². The molecule has 2 heterocycles. The van der Waals surface area contributed by atoms with Gasteiger partial charge in [0.1, 0.15) is 0 Å². The van der Waals surface area contributed by atoms with Crippen LogP contribution in [-0.2, 0) is 5.60 Å². The second-order valence-electron chi connectivity index (χ2n) is 9.21. The zero-order valence-corrected chi connectivity index (χ0v) is 17.4. The van der Waals surface area contributed by atoms with Crippen molar-refractivity contribution >= 4 is 6.03 Å². The van der Waals surface area contributed by atoms with E-state index >= 15 is 0 Å². The summed E-state index contributed by atoms with van der Waals surface area (Å²) < 4.78 is 0. The first-order chi connectivity index (χ1) is 14.6. The van der Waals surface area contributed by atoms with Crippen LogP contribution in [0, 0.1) is 5.92 Å². The van der Waals surface area contributed by atoms with Crippen LogP contribution in [0.3, 0.4) is 0 Å². The first-order valence-corrected chi connectivity index (χ1v) is 11.2. The van der Waals surface area contributed by atoms with E-state index in [1.807, 2.05) is 40.1 Å². The molecule has 2 aromatic carbocycles. The number of hydrogen-bond donors (Lipinski definition) is 2. The van der Waals surface area contributed by atoms with E-state index in [1.54, 1.807) is 0 Å². The Bertz CT molecular complexity index is 858. The SMILES string of the molecule is O=C(N1CCC(O)(c2ccccc2)CC1)N1CC(CN[C@@H]2C[C@H]2c2ccccc2)C1. The Hall–Kier alpha value is -2.37. The number of likely N-dealkylation sites (tertiary alicyclic amines) is 2. The molecule has 2 N–H and O–H groups in total. The van der Waals surface area contributed by atoms with Gasteiger partial charge < -0.3 is 20.2 Å². The minimum absolute atomic E-state index is 0.134. The van der Waals surface area contributed by atoms with E-state index in [-0.39, 0.29) is 6.03 Å². The van der Waals surface area contributed by atoms with E-state index in [0.717, 1.165) is 25.2 Å². The molecule has 3 fully saturated rings. The van der Waals surface area contributed by atoms with Crippen LogP contribution in [0.2, 0.25) is 0 Å². The van der Waals surface area contributed by atoms with E-state index in [1.165, 1.54) is 12.0 Å². The zero-order chi connectivity index (χ0) is 20.6. The average molecular weight is 406 g/mol. The molecule has 3 aliphatic rings. The van der Waals surface area contributed by atoms with Gasteiger partial charge in [0.05, 0.1) is 5.60 Å².